The van der Waals surface area contributed by atoms with Crippen LogP contribution in [0.5, 0.6) is 0 Å². The Balaban J connectivity index is 2.10. The number of aromatic nitrogens is 2. The van der Waals surface area contributed by atoms with E-state index in [-0.39, 0.29) is 36.8 Å². The Labute approximate surface area is 188 Å². The van der Waals surface area contributed by atoms with Crippen LogP contribution in [0.25, 0.3) is 11.4 Å². The first-order valence-electron chi connectivity index (χ1n) is 10.4. The van der Waals surface area contributed by atoms with Crippen LogP contribution in [0.3, 0.4) is 0 Å². The number of nitrogens with zero attached hydrogens (tertiary/aromatic N) is 4. The van der Waals surface area contributed by atoms with Gasteiger partial charge >= 0.3 is 5.97 Å². The Hall–Kier alpha value is -2.85. The second-order valence-electron chi connectivity index (χ2n) is 8.14. The van der Waals surface area contributed by atoms with Crippen LogP contribution >= 0.6 is 0 Å². The number of carbonyl (C=O) groups is 2. The van der Waals surface area contributed by atoms with Crippen LogP contribution in [0.1, 0.15) is 53.2 Å². The third kappa shape index (κ3) is 4.81. The first-order valence-corrected chi connectivity index (χ1v) is 12.2. The zero-order chi connectivity index (χ0) is 23.6. The average Bonchev–Trinajstić information content (AvgIpc) is 2.76. The molecular weight excluding hydrogens is 432 g/mol. The monoisotopic (exact) mass is 460 g/mol. The molecule has 2 aromatic rings. The summed E-state index contributed by atoms with van der Waals surface area (Å²) in [6.07, 6.45) is 1.15. The van der Waals surface area contributed by atoms with Gasteiger partial charge in [-0.15, -0.1) is 0 Å². The first-order chi connectivity index (χ1) is 15.0. The summed E-state index contributed by atoms with van der Waals surface area (Å²) in [5, 5.41) is 0. The molecule has 1 saturated heterocycles. The predicted molar refractivity (Wildman–Crippen MR) is 120 cm³/mol. The van der Waals surface area contributed by atoms with E-state index in [0.29, 0.717) is 11.5 Å². The molecule has 0 bridgehead atoms. The maximum atomic E-state index is 13.6. The van der Waals surface area contributed by atoms with E-state index in [0.717, 1.165) is 11.8 Å². The summed E-state index contributed by atoms with van der Waals surface area (Å²) in [7, 11) is -2.13. The molecule has 32 heavy (non-hydrogen) atoms. The standard InChI is InChI=1S/C22H28N4O5S/c1-14(2)18-17(22(28)31-4)19(24-20(23-18)16-9-7-6-8-10-16)21(27)25-11-12-26(15(3)13-25)32(5,29)30/h6-10,14-15H,11-13H2,1-5H3. The Bertz CT molecular complexity index is 1120. The predicted octanol–water partition coefficient (Wildman–Crippen LogP) is 2.16. The first kappa shape index (κ1) is 23.8. The van der Waals surface area contributed by atoms with Gasteiger partial charge in [-0.2, -0.15) is 4.31 Å². The molecule has 1 amide bonds. The van der Waals surface area contributed by atoms with Gasteiger partial charge in [-0.3, -0.25) is 4.79 Å². The van der Waals surface area contributed by atoms with Gasteiger partial charge < -0.3 is 9.64 Å². The molecule has 1 aliphatic rings. The summed E-state index contributed by atoms with van der Waals surface area (Å²) in [4.78, 5) is 36.8. The van der Waals surface area contributed by atoms with Crippen LogP contribution in [0.15, 0.2) is 30.3 Å². The van der Waals surface area contributed by atoms with E-state index in [4.69, 9.17) is 4.74 Å². The largest absolute Gasteiger partial charge is 0.465 e. The normalized spacial score (nSPS) is 17.4. The molecule has 1 unspecified atom stereocenters. The quantitative estimate of drug-likeness (QED) is 0.629. The SMILES string of the molecule is COC(=O)c1c(C(=O)N2CCN(S(C)(=O)=O)C(C)C2)nc(-c2ccccc2)nc1C(C)C. The van der Waals surface area contributed by atoms with E-state index in [1.807, 2.05) is 44.2 Å². The fourth-order valence-corrected chi connectivity index (χ4v) is 4.97. The van der Waals surface area contributed by atoms with E-state index >= 15 is 0 Å². The fraction of sp³-hybridized carbons (Fsp3) is 0.455. The molecule has 0 N–H and O–H groups in total. The maximum Gasteiger partial charge on any atom is 0.342 e. The number of piperazine rings is 1. The summed E-state index contributed by atoms with van der Waals surface area (Å²) >= 11 is 0. The number of carbonyl (C=O) groups excluding carboxylic acids is 2. The summed E-state index contributed by atoms with van der Waals surface area (Å²) in [5.74, 6) is -0.957. The number of benzene rings is 1. The Morgan fingerprint density at radius 3 is 2.31 bits per heavy atom. The van der Waals surface area contributed by atoms with Gasteiger partial charge in [0.05, 0.1) is 19.1 Å². The fourth-order valence-electron chi connectivity index (χ4n) is 3.84. The number of hydrogen-bond acceptors (Lipinski definition) is 7. The van der Waals surface area contributed by atoms with Gasteiger partial charge in [0, 0.05) is 31.2 Å². The molecular formula is C22H28N4O5S. The van der Waals surface area contributed by atoms with Gasteiger partial charge in [0.2, 0.25) is 10.0 Å². The molecule has 1 aromatic heterocycles. The minimum atomic E-state index is -3.38. The van der Waals surface area contributed by atoms with Crippen molar-refractivity contribution in [2.45, 2.75) is 32.7 Å². The molecule has 1 atom stereocenters. The van der Waals surface area contributed by atoms with Gasteiger partial charge in [0.1, 0.15) is 11.3 Å². The van der Waals surface area contributed by atoms with Crippen LogP contribution in [0.4, 0.5) is 0 Å². The minimum Gasteiger partial charge on any atom is -0.465 e. The Kier molecular flexibility index (Phi) is 6.94. The highest BCUT2D eigenvalue weighted by Crippen LogP contribution is 2.27. The highest BCUT2D eigenvalue weighted by atomic mass is 32.2. The van der Waals surface area contributed by atoms with Crippen molar-refractivity contribution in [2.24, 2.45) is 0 Å². The second kappa shape index (κ2) is 9.33. The average molecular weight is 461 g/mol. The number of rotatable bonds is 5. The topological polar surface area (TPSA) is 110 Å². The van der Waals surface area contributed by atoms with Crippen LogP contribution in [-0.4, -0.2) is 78.5 Å². The molecule has 10 heteroatoms. The highest BCUT2D eigenvalue weighted by Gasteiger charge is 2.35. The number of amides is 1. The molecule has 0 radical (unpaired) electrons. The summed E-state index contributed by atoms with van der Waals surface area (Å²) in [6.45, 7) is 6.06. The van der Waals surface area contributed by atoms with Crippen LogP contribution in [0.2, 0.25) is 0 Å². The van der Waals surface area contributed by atoms with Gasteiger partial charge in [0.25, 0.3) is 5.91 Å². The van der Waals surface area contributed by atoms with Crippen molar-refractivity contribution in [3.63, 3.8) is 0 Å². The summed E-state index contributed by atoms with van der Waals surface area (Å²) in [6, 6.07) is 8.82. The van der Waals surface area contributed by atoms with Crippen molar-refractivity contribution >= 4 is 21.9 Å². The molecule has 0 aliphatic carbocycles. The number of methoxy groups -OCH3 is 1. The molecule has 2 heterocycles. The second-order valence-corrected chi connectivity index (χ2v) is 10.1. The third-order valence-corrected chi connectivity index (χ3v) is 6.78. The number of hydrogen-bond donors (Lipinski definition) is 0. The molecule has 0 spiro atoms. The van der Waals surface area contributed by atoms with E-state index in [9.17, 15) is 18.0 Å². The summed E-state index contributed by atoms with van der Waals surface area (Å²) < 4.78 is 30.3. The molecule has 3 rings (SSSR count). The van der Waals surface area contributed by atoms with E-state index < -0.39 is 27.9 Å². The molecule has 1 aliphatic heterocycles. The Morgan fingerprint density at radius 2 is 1.78 bits per heavy atom. The number of esters is 1. The van der Waals surface area contributed by atoms with Crippen LogP contribution in [-0.2, 0) is 14.8 Å². The zero-order valence-electron chi connectivity index (χ0n) is 18.9. The van der Waals surface area contributed by atoms with Gasteiger partial charge in [-0.1, -0.05) is 44.2 Å². The third-order valence-electron chi connectivity index (χ3n) is 5.39. The van der Waals surface area contributed by atoms with Crippen molar-refractivity contribution in [2.75, 3.05) is 33.0 Å². The van der Waals surface area contributed by atoms with Crippen LogP contribution in [0, 0.1) is 0 Å². The number of sulfonamides is 1. The molecule has 1 aromatic carbocycles. The van der Waals surface area contributed by atoms with E-state index in [2.05, 4.69) is 9.97 Å². The van der Waals surface area contributed by atoms with Crippen LogP contribution < -0.4 is 0 Å². The lowest BCUT2D eigenvalue weighted by molar-refractivity contribution is 0.0570. The van der Waals surface area contributed by atoms with Crippen molar-refractivity contribution < 1.29 is 22.7 Å². The van der Waals surface area contributed by atoms with E-state index in [1.54, 1.807) is 6.92 Å². The lowest BCUT2D eigenvalue weighted by Crippen LogP contribution is -2.55. The zero-order valence-corrected chi connectivity index (χ0v) is 19.7. The smallest absolute Gasteiger partial charge is 0.342 e. The number of ether oxygens (including phenoxy) is 1. The molecule has 9 nitrogen and oxygen atoms in total. The van der Waals surface area contributed by atoms with Crippen molar-refractivity contribution in [1.29, 1.82) is 0 Å². The maximum absolute atomic E-state index is 13.6. The van der Waals surface area contributed by atoms with Gasteiger partial charge in [0.15, 0.2) is 5.82 Å². The lowest BCUT2D eigenvalue weighted by Gasteiger charge is -2.38. The lowest BCUT2D eigenvalue weighted by atomic mass is 10.0. The van der Waals surface area contributed by atoms with Gasteiger partial charge in [-0.05, 0) is 12.8 Å². The molecule has 1 fully saturated rings. The highest BCUT2D eigenvalue weighted by molar-refractivity contribution is 7.88. The van der Waals surface area contributed by atoms with Crippen molar-refractivity contribution in [3.8, 4) is 11.4 Å². The molecule has 0 saturated carbocycles. The summed E-state index contributed by atoms with van der Waals surface area (Å²) in [5.41, 5.74) is 1.16. The van der Waals surface area contributed by atoms with Gasteiger partial charge in [-0.25, -0.2) is 23.2 Å². The Morgan fingerprint density at radius 1 is 1.12 bits per heavy atom. The van der Waals surface area contributed by atoms with E-state index in [1.165, 1.54) is 16.3 Å². The van der Waals surface area contributed by atoms with Crippen molar-refractivity contribution in [1.82, 2.24) is 19.2 Å². The molecule has 172 valence electrons. The van der Waals surface area contributed by atoms with Crippen molar-refractivity contribution in [3.05, 3.63) is 47.3 Å². The minimum absolute atomic E-state index is 0.0330.